The van der Waals surface area contributed by atoms with Crippen LogP contribution in [0.1, 0.15) is 53.9 Å². The predicted octanol–water partition coefficient (Wildman–Crippen LogP) is 5.92. The van der Waals surface area contributed by atoms with Gasteiger partial charge in [-0.05, 0) is 82.3 Å². The second-order valence-corrected chi connectivity index (χ2v) is 13.0. The molecular formula is C31H37Cl2N5O6. The molecule has 3 aromatic rings. The van der Waals surface area contributed by atoms with Gasteiger partial charge in [0, 0.05) is 23.1 Å². The molecule has 0 radical (unpaired) electrons. The highest BCUT2D eigenvalue weighted by molar-refractivity contribution is 6.31. The first-order valence-corrected chi connectivity index (χ1v) is 15.2. The molecule has 1 fully saturated rings. The van der Waals surface area contributed by atoms with Crippen LogP contribution in [0.25, 0.3) is 22.3 Å². The Morgan fingerprint density at radius 3 is 2.52 bits per heavy atom. The summed E-state index contributed by atoms with van der Waals surface area (Å²) in [6.07, 6.45) is 0.495. The normalized spacial score (nSPS) is 15.7. The number of fused-ring (bicyclic) bond motifs is 1. The standard InChI is InChI=1S/C31H37Cl2N5O6/c1-17(2)13-24(36-29(41)44-31(3,4)5)28(40)34-16-20-7-6-12-38(20)30(42)43-25-11-9-19(33)15-22(25)26-35-23-10-8-18(32)14-21(23)27(39)37-26/h8-11,14-15,17,20,24H,6-7,12-13,16H2,1-5H3,(H,34,40)(H,36,41)(H,35,37,39)/t20-,24-/m0/s1. The lowest BCUT2D eigenvalue weighted by Gasteiger charge is -2.27. The molecule has 2 heterocycles. The lowest BCUT2D eigenvalue weighted by molar-refractivity contribution is -0.123. The lowest BCUT2D eigenvalue weighted by atomic mass is 10.0. The van der Waals surface area contributed by atoms with Gasteiger partial charge in [-0.2, -0.15) is 0 Å². The van der Waals surface area contributed by atoms with Gasteiger partial charge in [-0.1, -0.05) is 37.0 Å². The zero-order chi connectivity index (χ0) is 32.2. The van der Waals surface area contributed by atoms with Crippen LogP contribution in [-0.4, -0.2) is 63.7 Å². The third-order valence-corrected chi connectivity index (χ3v) is 7.37. The van der Waals surface area contributed by atoms with Gasteiger partial charge in [-0.25, -0.2) is 14.6 Å². The van der Waals surface area contributed by atoms with Crippen molar-refractivity contribution in [2.24, 2.45) is 5.92 Å². The van der Waals surface area contributed by atoms with E-state index in [4.69, 9.17) is 32.7 Å². The summed E-state index contributed by atoms with van der Waals surface area (Å²) >= 11 is 12.3. The van der Waals surface area contributed by atoms with Crippen molar-refractivity contribution in [2.45, 2.75) is 71.6 Å². The smallest absolute Gasteiger partial charge is 0.415 e. The summed E-state index contributed by atoms with van der Waals surface area (Å²) in [5.41, 5.74) is -0.366. The van der Waals surface area contributed by atoms with Gasteiger partial charge in [0.05, 0.1) is 22.5 Å². The molecule has 2 atom stereocenters. The zero-order valence-corrected chi connectivity index (χ0v) is 26.8. The monoisotopic (exact) mass is 645 g/mol. The summed E-state index contributed by atoms with van der Waals surface area (Å²) in [4.78, 5) is 60.4. The molecule has 44 heavy (non-hydrogen) atoms. The van der Waals surface area contributed by atoms with Gasteiger partial charge in [-0.15, -0.1) is 0 Å². The fraction of sp³-hybridized carbons (Fsp3) is 0.452. The van der Waals surface area contributed by atoms with Crippen molar-refractivity contribution >= 4 is 52.2 Å². The SMILES string of the molecule is CC(C)C[C@H](NC(=O)OC(C)(C)C)C(=O)NC[C@@H]1CCCN1C(=O)Oc1ccc(Cl)cc1-c1nc2ccc(Cl)cc2c(=O)[nH]1. The molecule has 4 rings (SSSR count). The van der Waals surface area contributed by atoms with Crippen LogP contribution in [0.3, 0.4) is 0 Å². The number of amides is 3. The molecule has 11 nitrogen and oxygen atoms in total. The van der Waals surface area contributed by atoms with Crippen molar-refractivity contribution in [3.05, 3.63) is 56.8 Å². The van der Waals surface area contributed by atoms with Crippen molar-refractivity contribution < 1.29 is 23.9 Å². The molecule has 3 N–H and O–H groups in total. The van der Waals surface area contributed by atoms with E-state index >= 15 is 0 Å². The number of alkyl carbamates (subject to hydrolysis) is 1. The van der Waals surface area contributed by atoms with Crippen LogP contribution in [0.4, 0.5) is 9.59 Å². The highest BCUT2D eigenvalue weighted by atomic mass is 35.5. The number of aromatic amines is 1. The number of H-pyrrole nitrogens is 1. The van der Waals surface area contributed by atoms with Crippen LogP contribution in [0.5, 0.6) is 5.75 Å². The van der Waals surface area contributed by atoms with Crippen molar-refractivity contribution in [3.63, 3.8) is 0 Å². The first-order valence-electron chi connectivity index (χ1n) is 14.5. The molecule has 0 bridgehead atoms. The molecule has 1 aromatic heterocycles. The summed E-state index contributed by atoms with van der Waals surface area (Å²) in [7, 11) is 0. The van der Waals surface area contributed by atoms with Gasteiger partial charge in [0.25, 0.3) is 5.56 Å². The minimum Gasteiger partial charge on any atom is -0.444 e. The Morgan fingerprint density at radius 1 is 1.11 bits per heavy atom. The summed E-state index contributed by atoms with van der Waals surface area (Å²) in [6, 6.07) is 8.32. The van der Waals surface area contributed by atoms with Gasteiger partial charge in [-0.3, -0.25) is 9.59 Å². The number of benzene rings is 2. The van der Waals surface area contributed by atoms with Gasteiger partial charge in [0.2, 0.25) is 5.91 Å². The van der Waals surface area contributed by atoms with E-state index < -0.39 is 29.4 Å². The minimum absolute atomic E-state index is 0.136. The number of aromatic nitrogens is 2. The minimum atomic E-state index is -0.795. The molecule has 2 aromatic carbocycles. The number of nitrogens with one attached hydrogen (secondary N) is 3. The topological polar surface area (TPSA) is 143 Å². The Balaban J connectivity index is 1.47. The number of hydrogen-bond acceptors (Lipinski definition) is 7. The van der Waals surface area contributed by atoms with E-state index in [0.29, 0.717) is 45.9 Å². The highest BCUT2D eigenvalue weighted by Gasteiger charge is 2.32. The van der Waals surface area contributed by atoms with Crippen LogP contribution in [0.2, 0.25) is 10.0 Å². The number of ether oxygens (including phenoxy) is 2. The average Bonchev–Trinajstić information content (AvgIpc) is 3.40. The number of likely N-dealkylation sites (tertiary alicyclic amines) is 1. The molecule has 0 unspecified atom stereocenters. The van der Waals surface area contributed by atoms with Crippen molar-refractivity contribution in [1.82, 2.24) is 25.5 Å². The molecule has 236 valence electrons. The quantitative estimate of drug-likeness (QED) is 0.276. The Hall–Kier alpha value is -3.83. The van der Waals surface area contributed by atoms with Gasteiger partial charge >= 0.3 is 12.2 Å². The van der Waals surface area contributed by atoms with Gasteiger partial charge < -0.3 is 30.0 Å². The summed E-state index contributed by atoms with van der Waals surface area (Å²) in [6.45, 7) is 9.76. The maximum Gasteiger partial charge on any atom is 0.415 e. The van der Waals surface area contributed by atoms with Gasteiger partial charge in [0.15, 0.2) is 0 Å². The highest BCUT2D eigenvalue weighted by Crippen LogP contribution is 2.32. The predicted molar refractivity (Wildman–Crippen MR) is 169 cm³/mol. The van der Waals surface area contributed by atoms with E-state index in [-0.39, 0.29) is 36.0 Å². The van der Waals surface area contributed by atoms with Crippen LogP contribution >= 0.6 is 23.2 Å². The third-order valence-electron chi connectivity index (χ3n) is 6.90. The number of nitrogens with zero attached hydrogens (tertiary/aromatic N) is 2. The number of hydrogen-bond donors (Lipinski definition) is 3. The Bertz CT molecular complexity index is 1600. The van der Waals surface area contributed by atoms with Crippen molar-refractivity contribution in [2.75, 3.05) is 13.1 Å². The second kappa shape index (κ2) is 13.9. The van der Waals surface area contributed by atoms with E-state index in [2.05, 4.69) is 20.6 Å². The van der Waals surface area contributed by atoms with Crippen LogP contribution in [0.15, 0.2) is 41.2 Å². The lowest BCUT2D eigenvalue weighted by Crippen LogP contribution is -2.51. The first-order chi connectivity index (χ1) is 20.7. The average molecular weight is 647 g/mol. The summed E-state index contributed by atoms with van der Waals surface area (Å²) in [5.74, 6) is 0.104. The molecule has 1 aliphatic rings. The summed E-state index contributed by atoms with van der Waals surface area (Å²) < 4.78 is 11.1. The fourth-order valence-electron chi connectivity index (χ4n) is 4.95. The molecule has 13 heteroatoms. The maximum absolute atomic E-state index is 13.4. The number of rotatable bonds is 8. The van der Waals surface area contributed by atoms with Crippen LogP contribution in [0, 0.1) is 5.92 Å². The Kier molecular flexibility index (Phi) is 10.4. The van der Waals surface area contributed by atoms with Crippen molar-refractivity contribution in [3.8, 4) is 17.1 Å². The largest absolute Gasteiger partial charge is 0.444 e. The summed E-state index contributed by atoms with van der Waals surface area (Å²) in [5, 5.41) is 6.63. The van der Waals surface area contributed by atoms with Crippen LogP contribution in [-0.2, 0) is 9.53 Å². The molecule has 1 aliphatic heterocycles. The van der Waals surface area contributed by atoms with Crippen LogP contribution < -0.4 is 20.9 Å². The first kappa shape index (κ1) is 33.1. The molecule has 0 saturated carbocycles. The van der Waals surface area contributed by atoms with E-state index in [1.54, 1.807) is 49.9 Å². The molecular weight excluding hydrogens is 609 g/mol. The fourth-order valence-corrected chi connectivity index (χ4v) is 5.29. The Morgan fingerprint density at radius 2 is 1.82 bits per heavy atom. The molecule has 0 spiro atoms. The maximum atomic E-state index is 13.4. The van der Waals surface area contributed by atoms with Crippen molar-refractivity contribution in [1.29, 1.82) is 0 Å². The molecule has 3 amide bonds. The van der Waals surface area contributed by atoms with E-state index in [1.807, 2.05) is 13.8 Å². The Labute approximate surface area is 265 Å². The number of halogens is 2. The second-order valence-electron chi connectivity index (χ2n) is 12.1. The third kappa shape index (κ3) is 8.63. The van der Waals surface area contributed by atoms with E-state index in [1.165, 1.54) is 12.1 Å². The molecule has 1 saturated heterocycles. The zero-order valence-electron chi connectivity index (χ0n) is 25.3. The van der Waals surface area contributed by atoms with E-state index in [0.717, 1.165) is 6.42 Å². The van der Waals surface area contributed by atoms with Gasteiger partial charge in [0.1, 0.15) is 23.2 Å². The number of carbonyl (C=O) groups excluding carboxylic acids is 3. The number of carbonyl (C=O) groups is 3. The molecule has 0 aliphatic carbocycles. The van der Waals surface area contributed by atoms with E-state index in [9.17, 15) is 19.2 Å².